The van der Waals surface area contributed by atoms with Gasteiger partial charge in [0.2, 0.25) is 0 Å². The average molecular weight is 296 g/mol. The van der Waals surface area contributed by atoms with Gasteiger partial charge in [-0.25, -0.2) is 0 Å². The molecule has 2 atom stereocenters. The summed E-state index contributed by atoms with van der Waals surface area (Å²) in [5, 5.41) is 4.86. The molecule has 1 nitrogen and oxygen atoms in total. The summed E-state index contributed by atoms with van der Waals surface area (Å²) < 4.78 is 0. The molecule has 1 aliphatic heterocycles. The lowest BCUT2D eigenvalue weighted by atomic mass is 9.82. The molecule has 0 N–H and O–H groups in total. The molecule has 2 unspecified atom stereocenters. The largest absolute Gasteiger partial charge is 0.253 e. The van der Waals surface area contributed by atoms with E-state index >= 15 is 0 Å². The Morgan fingerprint density at radius 1 is 1.09 bits per heavy atom. The molecule has 0 saturated carbocycles. The van der Waals surface area contributed by atoms with Gasteiger partial charge in [-0.1, -0.05) is 77.0 Å². The molecule has 1 aromatic rings. The average Bonchev–Trinajstić information content (AvgIpc) is 3.09. The highest BCUT2D eigenvalue weighted by Gasteiger charge is 2.35. The van der Waals surface area contributed by atoms with Gasteiger partial charge in [0, 0.05) is 11.3 Å². The molecule has 1 heteroatoms. The van der Waals surface area contributed by atoms with E-state index in [9.17, 15) is 0 Å². The van der Waals surface area contributed by atoms with Crippen LogP contribution in [0, 0.1) is 11.8 Å². The van der Waals surface area contributed by atoms with Gasteiger partial charge in [-0.2, -0.15) is 0 Å². The van der Waals surface area contributed by atoms with Crippen LogP contribution >= 0.6 is 0 Å². The van der Waals surface area contributed by atoms with E-state index in [0.29, 0.717) is 0 Å². The minimum atomic E-state index is 0.748. The second-order valence-corrected chi connectivity index (χ2v) is 7.17. The first-order valence-corrected chi connectivity index (χ1v) is 9.35. The molecule has 1 radical (unpaired) electrons. The quantitative estimate of drug-likeness (QED) is 0.490. The van der Waals surface area contributed by atoms with Crippen molar-refractivity contribution < 1.29 is 0 Å². The molecule has 0 amide bonds. The molecular formula is C21H30N. The normalized spacial score (nSPS) is 20.7. The minimum absolute atomic E-state index is 0.748. The van der Waals surface area contributed by atoms with Gasteiger partial charge in [-0.15, -0.1) is 0 Å². The van der Waals surface area contributed by atoms with E-state index in [2.05, 4.69) is 38.1 Å². The van der Waals surface area contributed by atoms with Crippen LogP contribution in [-0.2, 0) is 0 Å². The van der Waals surface area contributed by atoms with Crippen LogP contribution in [0.15, 0.2) is 30.0 Å². The van der Waals surface area contributed by atoms with Crippen LogP contribution < -0.4 is 5.32 Å². The Labute approximate surface area is 136 Å². The van der Waals surface area contributed by atoms with E-state index in [1.807, 2.05) is 0 Å². The number of fused-ring (bicyclic) bond motifs is 2. The lowest BCUT2D eigenvalue weighted by Crippen LogP contribution is -2.10. The first-order chi connectivity index (χ1) is 10.8. The number of unbranched alkanes of at least 4 members (excludes halogenated alkanes) is 5. The summed E-state index contributed by atoms with van der Waals surface area (Å²) in [6.45, 7) is 4.76. The van der Waals surface area contributed by atoms with Crippen molar-refractivity contribution in [3.05, 3.63) is 35.5 Å². The van der Waals surface area contributed by atoms with Gasteiger partial charge < -0.3 is 0 Å². The van der Waals surface area contributed by atoms with Gasteiger partial charge in [0.25, 0.3) is 0 Å². The first-order valence-electron chi connectivity index (χ1n) is 9.35. The van der Waals surface area contributed by atoms with Crippen molar-refractivity contribution in [1.29, 1.82) is 0 Å². The lowest BCUT2D eigenvalue weighted by molar-refractivity contribution is 0.386. The molecule has 3 rings (SSSR count). The highest BCUT2D eigenvalue weighted by molar-refractivity contribution is 5.84. The molecule has 0 spiro atoms. The van der Waals surface area contributed by atoms with Crippen molar-refractivity contribution in [2.45, 2.75) is 71.6 Å². The van der Waals surface area contributed by atoms with Crippen LogP contribution in [-0.4, -0.2) is 0 Å². The second kappa shape index (κ2) is 7.35. The topological polar surface area (TPSA) is 14.1 Å². The lowest BCUT2D eigenvalue weighted by Gasteiger charge is -2.22. The predicted molar refractivity (Wildman–Crippen MR) is 95.0 cm³/mol. The van der Waals surface area contributed by atoms with Crippen LogP contribution in [0.25, 0.3) is 5.57 Å². The van der Waals surface area contributed by atoms with E-state index in [0.717, 1.165) is 11.8 Å². The third-order valence-corrected chi connectivity index (χ3v) is 5.52. The number of hydrogen-bond acceptors (Lipinski definition) is 0. The Morgan fingerprint density at radius 3 is 2.73 bits per heavy atom. The molecule has 1 aromatic carbocycles. The van der Waals surface area contributed by atoms with Gasteiger partial charge in [0.1, 0.15) is 0 Å². The molecule has 0 aromatic heterocycles. The number of para-hydroxylation sites is 1. The van der Waals surface area contributed by atoms with Crippen molar-refractivity contribution in [3.8, 4) is 0 Å². The Morgan fingerprint density at radius 2 is 1.86 bits per heavy atom. The number of rotatable bonds is 8. The summed E-state index contributed by atoms with van der Waals surface area (Å²) in [7, 11) is 0. The molecule has 1 heterocycles. The second-order valence-electron chi connectivity index (χ2n) is 7.17. The Balaban J connectivity index is 1.53. The van der Waals surface area contributed by atoms with E-state index in [1.54, 1.807) is 5.57 Å². The SMILES string of the molecule is CCCCCCCCC(C)C1CCC2=C1c1ccccc1[N]2. The molecule has 0 fully saturated rings. The number of nitrogens with zero attached hydrogens (tertiary/aromatic N) is 1. The van der Waals surface area contributed by atoms with Crippen molar-refractivity contribution in [3.63, 3.8) is 0 Å². The van der Waals surface area contributed by atoms with Crippen molar-refractivity contribution in [1.82, 2.24) is 5.32 Å². The van der Waals surface area contributed by atoms with E-state index < -0.39 is 0 Å². The zero-order valence-corrected chi connectivity index (χ0v) is 14.3. The Bertz CT molecular complexity index is 528. The van der Waals surface area contributed by atoms with Gasteiger partial charge in [-0.3, -0.25) is 5.32 Å². The number of hydrogen-bond donors (Lipinski definition) is 0. The summed E-state index contributed by atoms with van der Waals surface area (Å²) in [5.41, 5.74) is 5.62. The maximum atomic E-state index is 4.86. The maximum Gasteiger partial charge on any atom is 0.0708 e. The Kier molecular flexibility index (Phi) is 5.23. The van der Waals surface area contributed by atoms with Crippen molar-refractivity contribution in [2.24, 2.45) is 11.8 Å². The fraction of sp³-hybridized carbons (Fsp3) is 0.619. The predicted octanol–water partition coefficient (Wildman–Crippen LogP) is 6.44. The zero-order chi connectivity index (χ0) is 15.4. The summed E-state index contributed by atoms with van der Waals surface area (Å²) in [6, 6.07) is 8.72. The maximum absolute atomic E-state index is 4.86. The van der Waals surface area contributed by atoms with Crippen LogP contribution in [0.5, 0.6) is 0 Å². The van der Waals surface area contributed by atoms with Gasteiger partial charge >= 0.3 is 0 Å². The fourth-order valence-electron chi connectivity index (χ4n) is 4.22. The zero-order valence-electron chi connectivity index (χ0n) is 14.3. The van der Waals surface area contributed by atoms with Crippen LogP contribution in [0.3, 0.4) is 0 Å². The molecule has 2 aliphatic rings. The summed E-state index contributed by atoms with van der Waals surface area (Å²) >= 11 is 0. The molecular weight excluding hydrogens is 266 g/mol. The molecule has 1 aliphatic carbocycles. The smallest absolute Gasteiger partial charge is 0.0708 e. The van der Waals surface area contributed by atoms with Crippen LogP contribution in [0.4, 0.5) is 5.69 Å². The van der Waals surface area contributed by atoms with Gasteiger partial charge in [0.15, 0.2) is 0 Å². The van der Waals surface area contributed by atoms with Gasteiger partial charge in [0.05, 0.1) is 5.69 Å². The summed E-state index contributed by atoms with van der Waals surface area (Å²) in [4.78, 5) is 0. The van der Waals surface area contributed by atoms with E-state index in [4.69, 9.17) is 5.32 Å². The molecule has 0 saturated heterocycles. The summed E-state index contributed by atoms with van der Waals surface area (Å²) in [5.74, 6) is 1.55. The summed E-state index contributed by atoms with van der Waals surface area (Å²) in [6.07, 6.45) is 12.3. The number of benzene rings is 1. The van der Waals surface area contributed by atoms with Crippen LogP contribution in [0.1, 0.15) is 77.2 Å². The minimum Gasteiger partial charge on any atom is -0.253 e. The monoisotopic (exact) mass is 296 g/mol. The van der Waals surface area contributed by atoms with Crippen molar-refractivity contribution in [2.75, 3.05) is 0 Å². The molecule has 119 valence electrons. The highest BCUT2D eigenvalue weighted by atomic mass is 14.9. The third-order valence-electron chi connectivity index (χ3n) is 5.52. The third kappa shape index (κ3) is 3.24. The highest BCUT2D eigenvalue weighted by Crippen LogP contribution is 2.50. The van der Waals surface area contributed by atoms with Crippen molar-refractivity contribution >= 4 is 11.3 Å². The standard InChI is InChI=1S/C21H30N/c1-3-4-5-6-7-8-11-16(2)17-14-15-20-21(17)18-12-9-10-13-19(18)22-20/h9-10,12-13,16-17H,3-8,11,14-15H2,1-2H3. The van der Waals surface area contributed by atoms with E-state index in [1.165, 1.54) is 74.7 Å². The first kappa shape index (κ1) is 15.6. The van der Waals surface area contributed by atoms with E-state index in [-0.39, 0.29) is 0 Å². The van der Waals surface area contributed by atoms with Gasteiger partial charge in [-0.05, 0) is 36.3 Å². The molecule has 0 bridgehead atoms. The fourth-order valence-corrected chi connectivity index (χ4v) is 4.22. The Hall–Kier alpha value is -1.24. The number of allylic oxidation sites excluding steroid dienone is 2. The molecule has 22 heavy (non-hydrogen) atoms. The van der Waals surface area contributed by atoms with Crippen LogP contribution in [0.2, 0.25) is 0 Å².